The average Bonchev–Trinajstić information content (AvgIpc) is 2.94. The van der Waals surface area contributed by atoms with Crippen molar-refractivity contribution >= 4 is 35.4 Å². The summed E-state index contributed by atoms with van der Waals surface area (Å²) in [4.78, 5) is 60.8. The molecule has 0 spiro atoms. The number of nitrogens with zero attached hydrogens (tertiary/aromatic N) is 1. The van der Waals surface area contributed by atoms with E-state index in [2.05, 4.69) is 5.32 Å². The zero-order valence-corrected chi connectivity index (χ0v) is 16.4. The number of fused-ring (bicyclic) bond motifs is 1. The average molecular weight is 409 g/mol. The van der Waals surface area contributed by atoms with Gasteiger partial charge in [-0.3, -0.25) is 29.4 Å². The van der Waals surface area contributed by atoms with Crippen LogP contribution in [0.25, 0.3) is 0 Å². The number of imide groups is 2. The number of benzene rings is 2. The fourth-order valence-corrected chi connectivity index (χ4v) is 2.85. The molecule has 0 atom stereocenters. The SMILES string of the molecule is Cc1ccc(NC(=O)NC(=O)COC(=O)CN2C(=O)c3ccccc3C2=O)cc1C. The first kappa shape index (κ1) is 20.7. The molecule has 0 aromatic heterocycles. The molecule has 0 saturated heterocycles. The van der Waals surface area contributed by atoms with Gasteiger partial charge in [0, 0.05) is 5.69 Å². The van der Waals surface area contributed by atoms with Crippen molar-refractivity contribution in [2.75, 3.05) is 18.5 Å². The molecular weight excluding hydrogens is 390 g/mol. The number of carbonyl (C=O) groups excluding carboxylic acids is 5. The summed E-state index contributed by atoms with van der Waals surface area (Å²) in [5.74, 6) is -3.02. The molecule has 154 valence electrons. The van der Waals surface area contributed by atoms with E-state index >= 15 is 0 Å². The molecule has 0 aliphatic carbocycles. The van der Waals surface area contributed by atoms with E-state index in [0.717, 1.165) is 16.0 Å². The van der Waals surface area contributed by atoms with Gasteiger partial charge < -0.3 is 10.1 Å². The van der Waals surface area contributed by atoms with Gasteiger partial charge in [-0.2, -0.15) is 0 Å². The van der Waals surface area contributed by atoms with Crippen LogP contribution in [0.4, 0.5) is 10.5 Å². The molecule has 1 aliphatic heterocycles. The Hall–Kier alpha value is -4.01. The van der Waals surface area contributed by atoms with Crippen molar-refractivity contribution in [2.24, 2.45) is 0 Å². The summed E-state index contributed by atoms with van der Waals surface area (Å²) in [7, 11) is 0. The number of aryl methyl sites for hydroxylation is 2. The first-order chi connectivity index (χ1) is 14.3. The molecule has 2 N–H and O–H groups in total. The van der Waals surface area contributed by atoms with Crippen LogP contribution in [0.1, 0.15) is 31.8 Å². The highest BCUT2D eigenvalue weighted by Gasteiger charge is 2.36. The Morgan fingerprint density at radius 2 is 1.57 bits per heavy atom. The lowest BCUT2D eigenvalue weighted by molar-refractivity contribution is -0.148. The number of amides is 5. The Morgan fingerprint density at radius 3 is 2.17 bits per heavy atom. The molecule has 5 amide bonds. The predicted molar refractivity (Wildman–Crippen MR) is 106 cm³/mol. The second-order valence-electron chi connectivity index (χ2n) is 6.70. The van der Waals surface area contributed by atoms with E-state index in [4.69, 9.17) is 4.74 Å². The van der Waals surface area contributed by atoms with Crippen LogP contribution in [0, 0.1) is 13.8 Å². The summed E-state index contributed by atoms with van der Waals surface area (Å²) in [6.45, 7) is 2.45. The molecule has 1 aliphatic rings. The maximum Gasteiger partial charge on any atom is 0.326 e. The number of esters is 1. The van der Waals surface area contributed by atoms with Crippen LogP contribution in [-0.4, -0.2) is 47.8 Å². The minimum absolute atomic E-state index is 0.205. The molecule has 0 saturated carbocycles. The molecule has 1 heterocycles. The molecule has 0 bridgehead atoms. The van der Waals surface area contributed by atoms with E-state index < -0.39 is 42.9 Å². The van der Waals surface area contributed by atoms with Gasteiger partial charge in [-0.25, -0.2) is 4.79 Å². The van der Waals surface area contributed by atoms with E-state index in [0.29, 0.717) is 5.69 Å². The van der Waals surface area contributed by atoms with Crippen LogP contribution in [0.15, 0.2) is 42.5 Å². The van der Waals surface area contributed by atoms with Gasteiger partial charge in [0.15, 0.2) is 6.61 Å². The van der Waals surface area contributed by atoms with Crippen molar-refractivity contribution in [3.8, 4) is 0 Å². The van der Waals surface area contributed by atoms with Crippen LogP contribution in [0.3, 0.4) is 0 Å². The van der Waals surface area contributed by atoms with Crippen molar-refractivity contribution in [2.45, 2.75) is 13.8 Å². The van der Waals surface area contributed by atoms with Gasteiger partial charge in [-0.1, -0.05) is 18.2 Å². The monoisotopic (exact) mass is 409 g/mol. The Morgan fingerprint density at radius 1 is 0.933 bits per heavy atom. The second kappa shape index (κ2) is 8.56. The van der Waals surface area contributed by atoms with Crippen LogP contribution in [0.2, 0.25) is 0 Å². The Bertz CT molecular complexity index is 1030. The Kier molecular flexibility index (Phi) is 5.91. The van der Waals surface area contributed by atoms with Crippen molar-refractivity contribution in [3.05, 3.63) is 64.7 Å². The number of anilines is 1. The third kappa shape index (κ3) is 4.52. The smallest absolute Gasteiger partial charge is 0.326 e. The summed E-state index contributed by atoms with van der Waals surface area (Å²) in [5, 5.41) is 4.53. The van der Waals surface area contributed by atoms with Crippen molar-refractivity contribution < 1.29 is 28.7 Å². The third-order valence-electron chi connectivity index (χ3n) is 4.55. The zero-order chi connectivity index (χ0) is 21.8. The summed E-state index contributed by atoms with van der Waals surface area (Å²) >= 11 is 0. The van der Waals surface area contributed by atoms with Crippen molar-refractivity contribution in [1.29, 1.82) is 0 Å². The number of hydrogen-bond acceptors (Lipinski definition) is 6. The molecule has 9 nitrogen and oxygen atoms in total. The fourth-order valence-electron chi connectivity index (χ4n) is 2.85. The van der Waals surface area contributed by atoms with E-state index in [1.165, 1.54) is 12.1 Å². The second-order valence-corrected chi connectivity index (χ2v) is 6.70. The Balaban J connectivity index is 1.46. The highest BCUT2D eigenvalue weighted by atomic mass is 16.5. The molecular formula is C21H19N3O6. The highest BCUT2D eigenvalue weighted by molar-refractivity contribution is 6.22. The van der Waals surface area contributed by atoms with Crippen LogP contribution in [-0.2, 0) is 14.3 Å². The van der Waals surface area contributed by atoms with Gasteiger partial charge in [-0.15, -0.1) is 0 Å². The van der Waals surface area contributed by atoms with Crippen LogP contribution in [0.5, 0.6) is 0 Å². The number of hydrogen-bond donors (Lipinski definition) is 2. The van der Waals surface area contributed by atoms with Crippen LogP contribution >= 0.6 is 0 Å². The first-order valence-corrected chi connectivity index (χ1v) is 9.05. The maximum atomic E-state index is 12.2. The van der Waals surface area contributed by atoms with E-state index in [1.54, 1.807) is 24.3 Å². The fraction of sp³-hybridized carbons (Fsp3) is 0.190. The zero-order valence-electron chi connectivity index (χ0n) is 16.4. The number of nitrogens with one attached hydrogen (secondary N) is 2. The largest absolute Gasteiger partial charge is 0.454 e. The molecule has 9 heteroatoms. The van der Waals surface area contributed by atoms with Crippen molar-refractivity contribution in [3.63, 3.8) is 0 Å². The maximum absolute atomic E-state index is 12.2. The summed E-state index contributed by atoms with van der Waals surface area (Å²) < 4.78 is 4.77. The molecule has 0 fully saturated rings. The minimum Gasteiger partial charge on any atom is -0.454 e. The van der Waals surface area contributed by atoms with Gasteiger partial charge in [-0.05, 0) is 49.2 Å². The number of ether oxygens (including phenoxy) is 1. The highest BCUT2D eigenvalue weighted by Crippen LogP contribution is 2.22. The quantitative estimate of drug-likeness (QED) is 0.574. The van der Waals surface area contributed by atoms with E-state index in [1.807, 2.05) is 25.2 Å². The lowest BCUT2D eigenvalue weighted by Crippen LogP contribution is -2.39. The minimum atomic E-state index is -0.950. The van der Waals surface area contributed by atoms with Crippen LogP contribution < -0.4 is 10.6 Å². The lowest BCUT2D eigenvalue weighted by atomic mass is 10.1. The lowest BCUT2D eigenvalue weighted by Gasteiger charge is -2.13. The third-order valence-corrected chi connectivity index (χ3v) is 4.55. The van der Waals surface area contributed by atoms with Gasteiger partial charge in [0.2, 0.25) is 0 Å². The van der Waals surface area contributed by atoms with Crippen molar-refractivity contribution in [1.82, 2.24) is 10.2 Å². The number of rotatable bonds is 5. The normalized spacial score (nSPS) is 12.4. The molecule has 3 rings (SSSR count). The van der Waals surface area contributed by atoms with E-state index in [-0.39, 0.29) is 11.1 Å². The molecule has 2 aromatic rings. The number of urea groups is 1. The van der Waals surface area contributed by atoms with Gasteiger partial charge in [0.25, 0.3) is 17.7 Å². The topological polar surface area (TPSA) is 122 Å². The van der Waals surface area contributed by atoms with Gasteiger partial charge in [0.1, 0.15) is 6.54 Å². The number of carbonyl (C=O) groups is 5. The Labute approximate surface area is 172 Å². The van der Waals surface area contributed by atoms with Gasteiger partial charge in [0.05, 0.1) is 11.1 Å². The summed E-state index contributed by atoms with van der Waals surface area (Å²) in [6.07, 6.45) is 0. The molecule has 0 radical (unpaired) electrons. The van der Waals surface area contributed by atoms with Gasteiger partial charge >= 0.3 is 12.0 Å². The molecule has 0 unspecified atom stereocenters. The summed E-state index contributed by atoms with van der Waals surface area (Å²) in [6, 6.07) is 10.7. The predicted octanol–water partition coefficient (Wildman–Crippen LogP) is 1.79. The summed E-state index contributed by atoms with van der Waals surface area (Å²) in [5.41, 5.74) is 2.95. The molecule has 2 aromatic carbocycles. The van der Waals surface area contributed by atoms with E-state index in [9.17, 15) is 24.0 Å². The standard InChI is InChI=1S/C21H19N3O6/c1-12-7-8-14(9-13(12)2)22-21(29)23-17(25)11-30-18(26)10-24-19(27)15-5-3-4-6-16(15)20(24)28/h3-9H,10-11H2,1-2H3,(H2,22,23,25,29). The first-order valence-electron chi connectivity index (χ1n) is 9.05. The molecule has 30 heavy (non-hydrogen) atoms.